The van der Waals surface area contributed by atoms with Gasteiger partial charge in [-0.25, -0.2) is 26.5 Å². The zero-order chi connectivity index (χ0) is 23.8. The number of fused-ring (bicyclic) bond motifs is 1. The minimum absolute atomic E-state index is 0.00615. The highest BCUT2D eigenvalue weighted by Gasteiger charge is 2.31. The third kappa shape index (κ3) is 4.76. The van der Waals surface area contributed by atoms with Crippen LogP contribution in [0.2, 0.25) is 0 Å². The summed E-state index contributed by atoms with van der Waals surface area (Å²) in [6, 6.07) is 9.31. The van der Waals surface area contributed by atoms with Gasteiger partial charge in [-0.1, -0.05) is 12.1 Å². The largest absolute Gasteiger partial charge is 0.366 e. The predicted molar refractivity (Wildman–Crippen MR) is 110 cm³/mol. The maximum Gasteiger partial charge on any atom is 0.269 e. The maximum absolute atomic E-state index is 15.1. The number of hydrogen-bond acceptors (Lipinski definition) is 4. The van der Waals surface area contributed by atoms with Crippen molar-refractivity contribution in [1.29, 1.82) is 0 Å². The molecule has 2 aromatic heterocycles. The van der Waals surface area contributed by atoms with Crippen LogP contribution in [0.15, 0.2) is 54.7 Å². The molecule has 0 unspecified atom stereocenters. The summed E-state index contributed by atoms with van der Waals surface area (Å²) in [6.45, 7) is -1.17. The van der Waals surface area contributed by atoms with E-state index in [0.717, 1.165) is 24.3 Å². The predicted octanol–water partition coefficient (Wildman–Crippen LogP) is 4.00. The van der Waals surface area contributed by atoms with E-state index in [1.54, 1.807) is 0 Å². The number of benzene rings is 2. The SMILES string of the molecule is Nc1nc2cc(-c3ccc(F)c(C(=O)NCC(F)(F)Cc4ccc(F)cc4)c3F)ccn2n1. The molecule has 170 valence electrons. The second-order valence-corrected chi connectivity index (χ2v) is 7.31. The molecule has 0 fully saturated rings. The molecule has 0 aliphatic heterocycles. The molecule has 2 aromatic carbocycles. The number of amides is 1. The summed E-state index contributed by atoms with van der Waals surface area (Å²) in [6.07, 6.45) is 0.659. The summed E-state index contributed by atoms with van der Waals surface area (Å²) in [4.78, 5) is 16.4. The van der Waals surface area contributed by atoms with E-state index in [2.05, 4.69) is 10.1 Å². The molecule has 0 spiro atoms. The Hall–Kier alpha value is -4.02. The molecule has 0 atom stereocenters. The van der Waals surface area contributed by atoms with Gasteiger partial charge in [-0.2, -0.15) is 4.98 Å². The number of rotatable bonds is 6. The minimum atomic E-state index is -3.43. The minimum Gasteiger partial charge on any atom is -0.366 e. The van der Waals surface area contributed by atoms with Gasteiger partial charge in [0.05, 0.1) is 6.54 Å². The summed E-state index contributed by atoms with van der Waals surface area (Å²) in [5.74, 6) is -7.77. The zero-order valence-electron chi connectivity index (χ0n) is 16.8. The zero-order valence-corrected chi connectivity index (χ0v) is 16.8. The molecular formula is C22H16F5N5O. The highest BCUT2D eigenvalue weighted by atomic mass is 19.3. The van der Waals surface area contributed by atoms with Crippen molar-refractivity contribution in [2.75, 3.05) is 12.3 Å². The molecule has 4 aromatic rings. The molecule has 0 saturated heterocycles. The van der Waals surface area contributed by atoms with Gasteiger partial charge in [-0.15, -0.1) is 5.10 Å². The highest BCUT2D eigenvalue weighted by Crippen LogP contribution is 2.28. The number of aromatic nitrogens is 3. The molecule has 0 saturated carbocycles. The molecule has 33 heavy (non-hydrogen) atoms. The van der Waals surface area contributed by atoms with Crippen LogP contribution in [0, 0.1) is 17.5 Å². The highest BCUT2D eigenvalue weighted by molar-refractivity contribution is 5.96. The van der Waals surface area contributed by atoms with Crippen molar-refractivity contribution in [1.82, 2.24) is 19.9 Å². The Morgan fingerprint density at radius 3 is 2.52 bits per heavy atom. The first-order valence-corrected chi connectivity index (χ1v) is 9.64. The fourth-order valence-corrected chi connectivity index (χ4v) is 3.31. The Morgan fingerprint density at radius 2 is 1.79 bits per heavy atom. The van der Waals surface area contributed by atoms with Gasteiger partial charge in [0.2, 0.25) is 5.95 Å². The first-order chi connectivity index (χ1) is 15.6. The van der Waals surface area contributed by atoms with Crippen LogP contribution in [0.3, 0.4) is 0 Å². The van der Waals surface area contributed by atoms with Gasteiger partial charge < -0.3 is 11.1 Å². The molecule has 0 radical (unpaired) electrons. The van der Waals surface area contributed by atoms with Crippen molar-refractivity contribution in [3.05, 3.63) is 83.3 Å². The molecule has 11 heteroatoms. The number of halogens is 5. The van der Waals surface area contributed by atoms with Gasteiger partial charge >= 0.3 is 0 Å². The number of carbonyl (C=O) groups is 1. The number of nitrogens with two attached hydrogens (primary N) is 1. The van der Waals surface area contributed by atoms with Crippen molar-refractivity contribution in [2.45, 2.75) is 12.3 Å². The third-order valence-corrected chi connectivity index (χ3v) is 4.87. The fraction of sp³-hybridized carbons (Fsp3) is 0.136. The first kappa shape index (κ1) is 22.2. The number of nitrogens with one attached hydrogen (secondary N) is 1. The number of anilines is 1. The normalized spacial score (nSPS) is 11.7. The van der Waals surface area contributed by atoms with Crippen LogP contribution in [0.5, 0.6) is 0 Å². The van der Waals surface area contributed by atoms with Crippen LogP contribution >= 0.6 is 0 Å². The number of carbonyl (C=O) groups excluding carboxylic acids is 1. The Labute approximate surface area is 183 Å². The molecule has 0 aliphatic carbocycles. The van der Waals surface area contributed by atoms with Crippen LogP contribution < -0.4 is 11.1 Å². The van der Waals surface area contributed by atoms with Crippen molar-refractivity contribution >= 4 is 17.5 Å². The maximum atomic E-state index is 15.1. The van der Waals surface area contributed by atoms with E-state index in [9.17, 15) is 22.4 Å². The monoisotopic (exact) mass is 461 g/mol. The van der Waals surface area contributed by atoms with Crippen molar-refractivity contribution in [2.24, 2.45) is 0 Å². The molecule has 3 N–H and O–H groups in total. The van der Waals surface area contributed by atoms with Gasteiger partial charge in [0.15, 0.2) is 5.65 Å². The number of nitrogens with zero attached hydrogens (tertiary/aromatic N) is 3. The lowest BCUT2D eigenvalue weighted by atomic mass is 10.0. The van der Waals surface area contributed by atoms with E-state index in [-0.39, 0.29) is 22.6 Å². The lowest BCUT2D eigenvalue weighted by Crippen LogP contribution is -2.38. The topological polar surface area (TPSA) is 85.3 Å². The van der Waals surface area contributed by atoms with Crippen molar-refractivity contribution in [3.8, 4) is 11.1 Å². The Kier molecular flexibility index (Phi) is 5.71. The second kappa shape index (κ2) is 8.49. The summed E-state index contributed by atoms with van der Waals surface area (Å²) in [7, 11) is 0. The fourth-order valence-electron chi connectivity index (χ4n) is 3.31. The van der Waals surface area contributed by atoms with Gasteiger partial charge in [-0.05, 0) is 47.5 Å². The summed E-state index contributed by atoms with van der Waals surface area (Å²) in [5.41, 5.74) is 5.07. The number of pyridine rings is 1. The molecule has 1 amide bonds. The van der Waals surface area contributed by atoms with Crippen LogP contribution in [-0.2, 0) is 6.42 Å². The lowest BCUT2D eigenvalue weighted by molar-refractivity contribution is 0.00294. The smallest absolute Gasteiger partial charge is 0.269 e. The number of nitrogen functional groups attached to an aromatic ring is 1. The molecule has 2 heterocycles. The third-order valence-electron chi connectivity index (χ3n) is 4.87. The van der Waals surface area contributed by atoms with Gasteiger partial charge in [0.1, 0.15) is 23.0 Å². The number of hydrogen-bond donors (Lipinski definition) is 2. The van der Waals surface area contributed by atoms with Crippen molar-refractivity contribution < 1.29 is 26.7 Å². The van der Waals surface area contributed by atoms with E-state index in [4.69, 9.17) is 5.73 Å². The first-order valence-electron chi connectivity index (χ1n) is 9.64. The Morgan fingerprint density at radius 1 is 1.06 bits per heavy atom. The van der Waals surface area contributed by atoms with E-state index < -0.39 is 47.8 Å². The van der Waals surface area contributed by atoms with Gasteiger partial charge in [-0.3, -0.25) is 4.79 Å². The molecule has 0 bridgehead atoms. The number of alkyl halides is 2. The molecular weight excluding hydrogens is 445 g/mol. The Balaban J connectivity index is 1.55. The van der Waals surface area contributed by atoms with Gasteiger partial charge in [0, 0.05) is 18.2 Å². The average molecular weight is 461 g/mol. The quantitative estimate of drug-likeness (QED) is 0.425. The molecule has 0 aliphatic rings. The van der Waals surface area contributed by atoms with Crippen molar-refractivity contribution in [3.63, 3.8) is 0 Å². The summed E-state index contributed by atoms with van der Waals surface area (Å²) < 4.78 is 72.2. The van der Waals surface area contributed by atoms with Crippen LogP contribution in [0.1, 0.15) is 15.9 Å². The van der Waals surface area contributed by atoms with E-state index >= 15 is 4.39 Å². The Bertz CT molecular complexity index is 1340. The summed E-state index contributed by atoms with van der Waals surface area (Å²) >= 11 is 0. The van der Waals surface area contributed by atoms with E-state index in [1.165, 1.54) is 35.0 Å². The lowest BCUT2D eigenvalue weighted by Gasteiger charge is -2.18. The average Bonchev–Trinajstić information content (AvgIpc) is 3.13. The molecule has 4 rings (SSSR count). The standard InChI is InChI=1S/C22H16F5N5O/c23-14-3-1-12(2-4-14)10-22(26,27)11-29-20(33)18-16(24)6-5-15(19(18)25)13-7-8-32-17(9-13)30-21(28)31-32/h1-9H,10-11H2,(H2,28,31)(H,29,33). The van der Waals surface area contributed by atoms with Crippen LogP contribution in [0.25, 0.3) is 16.8 Å². The van der Waals surface area contributed by atoms with E-state index in [1.807, 2.05) is 5.32 Å². The summed E-state index contributed by atoms with van der Waals surface area (Å²) in [5, 5.41) is 5.77. The van der Waals surface area contributed by atoms with Crippen LogP contribution in [0.4, 0.5) is 27.9 Å². The van der Waals surface area contributed by atoms with Gasteiger partial charge in [0.25, 0.3) is 11.8 Å². The second-order valence-electron chi connectivity index (χ2n) is 7.31. The van der Waals surface area contributed by atoms with Crippen LogP contribution in [-0.4, -0.2) is 33.0 Å². The molecule has 6 nitrogen and oxygen atoms in total. The van der Waals surface area contributed by atoms with E-state index in [0.29, 0.717) is 5.65 Å².